The summed E-state index contributed by atoms with van der Waals surface area (Å²) in [5, 5.41) is 14.2. The zero-order valence-corrected chi connectivity index (χ0v) is 15.4. The van der Waals surface area contributed by atoms with Crippen molar-refractivity contribution in [1.82, 2.24) is 5.01 Å². The van der Waals surface area contributed by atoms with Crippen molar-refractivity contribution in [1.29, 1.82) is 0 Å². The van der Waals surface area contributed by atoms with Gasteiger partial charge in [-0.3, -0.25) is 9.59 Å². The van der Waals surface area contributed by atoms with Gasteiger partial charge in [0.15, 0.2) is 0 Å². The highest BCUT2D eigenvalue weighted by atomic mass is 16.4. The van der Waals surface area contributed by atoms with Crippen LogP contribution in [0.1, 0.15) is 29.0 Å². The molecule has 4 atom stereocenters. The molecule has 7 nitrogen and oxygen atoms in total. The van der Waals surface area contributed by atoms with Crippen LogP contribution >= 0.6 is 0 Å². The number of allylic oxidation sites excluding steroid dienone is 2. The number of hydrogen-bond donors (Lipinski definition) is 1. The van der Waals surface area contributed by atoms with E-state index in [0.29, 0.717) is 17.1 Å². The number of imide groups is 1. The summed E-state index contributed by atoms with van der Waals surface area (Å²) >= 11 is 0. The van der Waals surface area contributed by atoms with Crippen molar-refractivity contribution in [2.45, 2.75) is 12.8 Å². The summed E-state index contributed by atoms with van der Waals surface area (Å²) in [6.07, 6.45) is 7.37. The molecule has 1 saturated heterocycles. The van der Waals surface area contributed by atoms with Crippen molar-refractivity contribution in [2.75, 3.05) is 0 Å². The van der Waals surface area contributed by atoms with E-state index in [1.807, 2.05) is 0 Å². The summed E-state index contributed by atoms with van der Waals surface area (Å²) in [6.45, 7) is 0. The SMILES string of the molecule is O=C(O)c1cccc(-c2ccc(/C=N\N3C(=O)[C@H]4[C@H](C3=O)[C@@H]3C=C[C@@H]4CC3)o2)c1. The number of nitrogens with zero attached hydrogens (tertiary/aromatic N) is 2. The standard InChI is InChI=1S/C22H18N2O5/c25-20-18-12-4-5-13(7-6-12)19(18)21(26)24(20)23-11-16-8-9-17(29-16)14-2-1-3-15(10-14)22(27)28/h1-5,8-13,18-19H,6-7H2,(H,27,28)/b23-11-/t12-,13-,18-,19-/m1/s1. The Morgan fingerprint density at radius 3 is 2.38 bits per heavy atom. The van der Waals surface area contributed by atoms with Crippen molar-refractivity contribution in [3.63, 3.8) is 0 Å². The number of benzene rings is 1. The van der Waals surface area contributed by atoms with Gasteiger partial charge in [0.25, 0.3) is 11.8 Å². The van der Waals surface area contributed by atoms with E-state index in [9.17, 15) is 14.4 Å². The van der Waals surface area contributed by atoms with Crippen LogP contribution in [0.4, 0.5) is 0 Å². The van der Waals surface area contributed by atoms with E-state index < -0.39 is 5.97 Å². The molecule has 2 amide bonds. The summed E-state index contributed by atoms with van der Waals surface area (Å²) in [5.74, 6) is -0.995. The van der Waals surface area contributed by atoms with Crippen LogP contribution in [-0.2, 0) is 9.59 Å². The Bertz CT molecular complexity index is 1050. The molecular formula is C22H18N2O5. The van der Waals surface area contributed by atoms with Gasteiger partial charge >= 0.3 is 5.97 Å². The average molecular weight is 390 g/mol. The van der Waals surface area contributed by atoms with E-state index in [2.05, 4.69) is 17.3 Å². The number of carbonyl (C=O) groups is 3. The molecule has 1 aliphatic heterocycles. The van der Waals surface area contributed by atoms with Gasteiger partial charge in [0.05, 0.1) is 23.6 Å². The lowest BCUT2D eigenvalue weighted by atomic mass is 9.63. The van der Waals surface area contributed by atoms with E-state index in [0.717, 1.165) is 17.9 Å². The number of fused-ring (bicyclic) bond motifs is 1. The molecule has 1 aromatic carbocycles. The molecule has 0 spiro atoms. The maximum atomic E-state index is 12.8. The molecule has 0 unspecified atom stereocenters. The molecule has 29 heavy (non-hydrogen) atoms. The maximum Gasteiger partial charge on any atom is 0.335 e. The summed E-state index contributed by atoms with van der Waals surface area (Å²) in [5.41, 5.74) is 0.778. The number of amides is 2. The second kappa shape index (κ2) is 6.55. The van der Waals surface area contributed by atoms with Gasteiger partial charge in [0, 0.05) is 5.56 Å². The Kier molecular flexibility index (Phi) is 3.97. The molecule has 1 aromatic heterocycles. The van der Waals surface area contributed by atoms with Gasteiger partial charge in [-0.25, -0.2) is 4.79 Å². The van der Waals surface area contributed by atoms with E-state index in [4.69, 9.17) is 9.52 Å². The average Bonchev–Trinajstić information content (AvgIpc) is 3.32. The van der Waals surface area contributed by atoms with Gasteiger partial charge in [0.1, 0.15) is 11.5 Å². The number of carboxylic acid groups (broad SMARTS) is 1. The van der Waals surface area contributed by atoms with E-state index in [1.54, 1.807) is 24.3 Å². The minimum Gasteiger partial charge on any atom is -0.478 e. The third-order valence-corrected chi connectivity index (χ3v) is 6.06. The zero-order chi connectivity index (χ0) is 20.1. The molecule has 1 N–H and O–H groups in total. The van der Waals surface area contributed by atoms with Crippen molar-refractivity contribution in [3.05, 3.63) is 59.9 Å². The quantitative estimate of drug-likeness (QED) is 0.491. The molecule has 2 aromatic rings. The molecule has 3 aliphatic carbocycles. The Labute approximate surface area is 166 Å². The first kappa shape index (κ1) is 17.6. The van der Waals surface area contributed by atoms with E-state index >= 15 is 0 Å². The molecule has 6 rings (SSSR count). The topological polar surface area (TPSA) is 100 Å². The highest BCUT2D eigenvalue weighted by Gasteiger charge is 2.56. The van der Waals surface area contributed by atoms with Crippen LogP contribution in [0.25, 0.3) is 11.3 Å². The first-order valence-corrected chi connectivity index (χ1v) is 9.56. The lowest BCUT2D eigenvalue weighted by Gasteiger charge is -2.37. The predicted octanol–water partition coefficient (Wildman–Crippen LogP) is 3.18. The number of hydrazone groups is 1. The van der Waals surface area contributed by atoms with Gasteiger partial charge in [0.2, 0.25) is 0 Å². The number of aromatic carboxylic acids is 1. The van der Waals surface area contributed by atoms with Crippen LogP contribution in [0.3, 0.4) is 0 Å². The molecule has 2 heterocycles. The van der Waals surface area contributed by atoms with Gasteiger partial charge in [-0.05, 0) is 48.9 Å². The third kappa shape index (κ3) is 2.81. The lowest BCUT2D eigenvalue weighted by molar-refractivity contribution is -0.140. The summed E-state index contributed by atoms with van der Waals surface area (Å²) < 4.78 is 5.70. The largest absolute Gasteiger partial charge is 0.478 e. The summed E-state index contributed by atoms with van der Waals surface area (Å²) in [7, 11) is 0. The van der Waals surface area contributed by atoms with Gasteiger partial charge in [-0.2, -0.15) is 10.1 Å². The predicted molar refractivity (Wildman–Crippen MR) is 103 cm³/mol. The fourth-order valence-corrected chi connectivity index (χ4v) is 4.67. The number of carboxylic acids is 1. The van der Waals surface area contributed by atoms with E-state index in [1.165, 1.54) is 18.3 Å². The minimum atomic E-state index is -1.02. The van der Waals surface area contributed by atoms with Crippen molar-refractivity contribution < 1.29 is 23.9 Å². The molecule has 4 aliphatic rings. The third-order valence-electron chi connectivity index (χ3n) is 6.06. The van der Waals surface area contributed by atoms with Gasteiger partial charge < -0.3 is 9.52 Å². The monoisotopic (exact) mass is 390 g/mol. The van der Waals surface area contributed by atoms with Crippen LogP contribution in [-0.4, -0.2) is 34.1 Å². The second-order valence-electron chi connectivity index (χ2n) is 7.66. The van der Waals surface area contributed by atoms with Crippen molar-refractivity contribution in [3.8, 4) is 11.3 Å². The Morgan fingerprint density at radius 1 is 1.07 bits per heavy atom. The number of rotatable bonds is 4. The minimum absolute atomic E-state index is 0.123. The molecule has 7 heteroatoms. The smallest absolute Gasteiger partial charge is 0.335 e. The molecule has 2 fully saturated rings. The molecule has 0 radical (unpaired) electrons. The first-order valence-electron chi connectivity index (χ1n) is 9.56. The Balaban J connectivity index is 1.37. The number of carbonyl (C=O) groups excluding carboxylic acids is 2. The van der Waals surface area contributed by atoms with Gasteiger partial charge in [-0.15, -0.1) is 0 Å². The lowest BCUT2D eigenvalue weighted by Crippen LogP contribution is -2.38. The van der Waals surface area contributed by atoms with Crippen molar-refractivity contribution >= 4 is 24.0 Å². The van der Waals surface area contributed by atoms with E-state index in [-0.39, 0.29) is 41.0 Å². The Hall–Kier alpha value is -3.48. The van der Waals surface area contributed by atoms with Crippen molar-refractivity contribution in [2.24, 2.45) is 28.8 Å². The van der Waals surface area contributed by atoms with Crippen LogP contribution in [0.5, 0.6) is 0 Å². The molecular weight excluding hydrogens is 372 g/mol. The first-order chi connectivity index (χ1) is 14.0. The highest BCUT2D eigenvalue weighted by molar-refractivity contribution is 6.06. The van der Waals surface area contributed by atoms with Crippen LogP contribution in [0.2, 0.25) is 0 Å². The van der Waals surface area contributed by atoms with Crippen LogP contribution < -0.4 is 0 Å². The fourth-order valence-electron chi connectivity index (χ4n) is 4.67. The summed E-state index contributed by atoms with van der Waals surface area (Å²) in [4.78, 5) is 36.7. The maximum absolute atomic E-state index is 12.8. The Morgan fingerprint density at radius 2 is 1.76 bits per heavy atom. The second-order valence-corrected chi connectivity index (χ2v) is 7.66. The number of furan rings is 1. The number of hydrogen-bond acceptors (Lipinski definition) is 5. The molecule has 2 bridgehead atoms. The van der Waals surface area contributed by atoms with Gasteiger partial charge in [-0.1, -0.05) is 24.3 Å². The fraction of sp³-hybridized carbons (Fsp3) is 0.273. The zero-order valence-electron chi connectivity index (χ0n) is 15.4. The molecule has 146 valence electrons. The summed E-state index contributed by atoms with van der Waals surface area (Å²) in [6, 6.07) is 9.76. The molecule has 1 saturated carbocycles. The normalized spacial score (nSPS) is 27.8. The van der Waals surface area contributed by atoms with Crippen LogP contribution in [0, 0.1) is 23.7 Å². The highest BCUT2D eigenvalue weighted by Crippen LogP contribution is 2.49. The van der Waals surface area contributed by atoms with Crippen LogP contribution in [0.15, 0.2) is 58.1 Å².